The Balaban J connectivity index is 2.05. The molecule has 0 saturated carbocycles. The van der Waals surface area contributed by atoms with Gasteiger partial charge in [0, 0.05) is 19.3 Å². The fourth-order valence-corrected chi connectivity index (χ4v) is 1.48. The van der Waals surface area contributed by atoms with Crippen LogP contribution in [0.4, 0.5) is 0 Å². The average molecular weight is 213 g/mol. The van der Waals surface area contributed by atoms with Gasteiger partial charge >= 0.3 is 0 Å². The molecule has 0 bridgehead atoms. The molecule has 0 amide bonds. The zero-order valence-corrected chi connectivity index (χ0v) is 9.13. The first kappa shape index (κ1) is 10.6. The topological polar surface area (TPSA) is 29.9 Å². The highest BCUT2D eigenvalue weighted by atomic mass is 15.3. The maximum atomic E-state index is 4.47. The quantitative estimate of drug-likeness (QED) is 0.609. The van der Waals surface area contributed by atoms with Crippen molar-refractivity contribution >= 4 is 0 Å². The molecule has 1 aromatic carbocycles. The van der Waals surface area contributed by atoms with Crippen molar-refractivity contribution in [3.8, 4) is 5.69 Å². The van der Waals surface area contributed by atoms with Crippen LogP contribution in [0.15, 0.2) is 55.3 Å². The van der Waals surface area contributed by atoms with Crippen LogP contribution in [-0.4, -0.2) is 16.3 Å². The molecule has 1 heterocycles. The second kappa shape index (κ2) is 5.28. The van der Waals surface area contributed by atoms with Crippen LogP contribution in [0.25, 0.3) is 5.69 Å². The molecule has 0 aliphatic carbocycles. The molecular weight excluding hydrogens is 198 g/mol. The van der Waals surface area contributed by atoms with E-state index in [1.165, 1.54) is 0 Å². The molecule has 0 aliphatic heterocycles. The van der Waals surface area contributed by atoms with Gasteiger partial charge in [-0.2, -0.15) is 5.10 Å². The van der Waals surface area contributed by atoms with E-state index in [2.05, 4.69) is 17.0 Å². The van der Waals surface area contributed by atoms with Crippen LogP contribution in [0.1, 0.15) is 5.69 Å². The minimum Gasteiger partial charge on any atom is -0.308 e. The molecule has 3 nitrogen and oxygen atoms in total. The fraction of sp³-hybridized carbons (Fsp3) is 0.154. The lowest BCUT2D eigenvalue weighted by Gasteiger charge is -2.00. The normalized spacial score (nSPS) is 10.2. The second-order valence-electron chi connectivity index (χ2n) is 3.51. The number of nitrogens with zero attached hydrogens (tertiary/aromatic N) is 2. The number of rotatable bonds is 5. The molecule has 0 saturated heterocycles. The predicted molar refractivity (Wildman–Crippen MR) is 65.5 cm³/mol. The van der Waals surface area contributed by atoms with Crippen molar-refractivity contribution in [2.45, 2.75) is 6.54 Å². The van der Waals surface area contributed by atoms with Crippen molar-refractivity contribution in [2.24, 2.45) is 0 Å². The van der Waals surface area contributed by atoms with Gasteiger partial charge in [-0.3, -0.25) is 0 Å². The van der Waals surface area contributed by atoms with Crippen LogP contribution < -0.4 is 5.32 Å². The third kappa shape index (κ3) is 2.58. The molecule has 0 unspecified atom stereocenters. The molecule has 0 fully saturated rings. The van der Waals surface area contributed by atoms with Gasteiger partial charge in [-0.1, -0.05) is 24.3 Å². The first-order valence-electron chi connectivity index (χ1n) is 5.32. The van der Waals surface area contributed by atoms with E-state index >= 15 is 0 Å². The van der Waals surface area contributed by atoms with Crippen molar-refractivity contribution in [1.82, 2.24) is 15.1 Å². The summed E-state index contributed by atoms with van der Waals surface area (Å²) in [7, 11) is 0. The molecule has 1 aromatic heterocycles. The van der Waals surface area contributed by atoms with E-state index in [1.807, 2.05) is 53.4 Å². The molecule has 16 heavy (non-hydrogen) atoms. The summed E-state index contributed by atoms with van der Waals surface area (Å²) in [6.07, 6.45) is 3.81. The average Bonchev–Trinajstić information content (AvgIpc) is 2.79. The third-order valence-electron chi connectivity index (χ3n) is 2.26. The van der Waals surface area contributed by atoms with Gasteiger partial charge in [-0.05, 0) is 18.2 Å². The number of aromatic nitrogens is 2. The number of hydrogen-bond acceptors (Lipinski definition) is 2. The van der Waals surface area contributed by atoms with Crippen molar-refractivity contribution in [1.29, 1.82) is 0 Å². The highest BCUT2D eigenvalue weighted by Crippen LogP contribution is 2.06. The summed E-state index contributed by atoms with van der Waals surface area (Å²) in [5.41, 5.74) is 2.11. The molecule has 82 valence electrons. The van der Waals surface area contributed by atoms with Gasteiger partial charge in [0.1, 0.15) is 0 Å². The summed E-state index contributed by atoms with van der Waals surface area (Å²) in [5.74, 6) is 0. The van der Waals surface area contributed by atoms with E-state index in [4.69, 9.17) is 0 Å². The Morgan fingerprint density at radius 2 is 2.06 bits per heavy atom. The van der Waals surface area contributed by atoms with Crippen molar-refractivity contribution < 1.29 is 0 Å². The molecule has 2 rings (SSSR count). The lowest BCUT2D eigenvalue weighted by atomic mass is 10.3. The van der Waals surface area contributed by atoms with E-state index in [-0.39, 0.29) is 0 Å². The predicted octanol–water partition coefficient (Wildman–Crippen LogP) is 2.15. The van der Waals surface area contributed by atoms with Crippen LogP contribution in [0, 0.1) is 0 Å². The van der Waals surface area contributed by atoms with Gasteiger partial charge < -0.3 is 5.32 Å². The maximum absolute atomic E-state index is 4.47. The highest BCUT2D eigenvalue weighted by Gasteiger charge is 1.99. The molecule has 3 heteroatoms. The minimum absolute atomic E-state index is 0.770. The number of benzene rings is 1. The lowest BCUT2D eigenvalue weighted by molar-refractivity contribution is 0.721. The van der Waals surface area contributed by atoms with Crippen LogP contribution >= 0.6 is 0 Å². The highest BCUT2D eigenvalue weighted by molar-refractivity contribution is 5.30. The monoisotopic (exact) mass is 213 g/mol. The van der Waals surface area contributed by atoms with E-state index in [0.29, 0.717) is 0 Å². The van der Waals surface area contributed by atoms with E-state index in [9.17, 15) is 0 Å². The van der Waals surface area contributed by atoms with Crippen LogP contribution in [0.5, 0.6) is 0 Å². The summed E-state index contributed by atoms with van der Waals surface area (Å²) >= 11 is 0. The zero-order valence-electron chi connectivity index (χ0n) is 9.13. The molecule has 0 radical (unpaired) electrons. The van der Waals surface area contributed by atoms with Gasteiger partial charge in [-0.15, -0.1) is 6.58 Å². The van der Waals surface area contributed by atoms with Crippen LogP contribution in [0.3, 0.4) is 0 Å². The van der Waals surface area contributed by atoms with Gasteiger partial charge in [0.2, 0.25) is 0 Å². The summed E-state index contributed by atoms with van der Waals surface area (Å²) in [4.78, 5) is 0. The van der Waals surface area contributed by atoms with E-state index in [0.717, 1.165) is 24.5 Å². The molecular formula is C13H15N3. The first-order valence-corrected chi connectivity index (χ1v) is 5.32. The Bertz CT molecular complexity index is 445. The SMILES string of the molecule is C=CCNCc1ccn(-c2ccccc2)n1. The van der Waals surface area contributed by atoms with Crippen molar-refractivity contribution in [3.63, 3.8) is 0 Å². The Hall–Kier alpha value is -1.87. The fourth-order valence-electron chi connectivity index (χ4n) is 1.48. The Labute approximate surface area is 95.4 Å². The van der Waals surface area contributed by atoms with E-state index in [1.54, 1.807) is 0 Å². The van der Waals surface area contributed by atoms with Gasteiger partial charge in [0.25, 0.3) is 0 Å². The van der Waals surface area contributed by atoms with Crippen molar-refractivity contribution in [3.05, 3.63) is 60.9 Å². The van der Waals surface area contributed by atoms with Gasteiger partial charge in [0.05, 0.1) is 11.4 Å². The van der Waals surface area contributed by atoms with Crippen molar-refractivity contribution in [2.75, 3.05) is 6.54 Å². The summed E-state index contributed by atoms with van der Waals surface area (Å²) in [5, 5.41) is 7.69. The standard InChI is InChI=1S/C13H15N3/c1-2-9-14-11-12-8-10-16(15-12)13-6-4-3-5-7-13/h2-8,10,14H,1,9,11H2. The molecule has 2 aromatic rings. The van der Waals surface area contributed by atoms with Gasteiger partial charge in [-0.25, -0.2) is 4.68 Å². The number of hydrogen-bond donors (Lipinski definition) is 1. The van der Waals surface area contributed by atoms with E-state index < -0.39 is 0 Å². The molecule has 0 aliphatic rings. The Morgan fingerprint density at radius 1 is 1.25 bits per heavy atom. The Morgan fingerprint density at radius 3 is 2.81 bits per heavy atom. The number of para-hydroxylation sites is 1. The number of nitrogens with one attached hydrogen (secondary N) is 1. The molecule has 0 spiro atoms. The Kier molecular flexibility index (Phi) is 3.51. The summed E-state index contributed by atoms with van der Waals surface area (Å²) in [6, 6.07) is 12.1. The largest absolute Gasteiger partial charge is 0.308 e. The summed E-state index contributed by atoms with van der Waals surface area (Å²) in [6.45, 7) is 5.23. The summed E-state index contributed by atoms with van der Waals surface area (Å²) < 4.78 is 1.88. The third-order valence-corrected chi connectivity index (χ3v) is 2.26. The second-order valence-corrected chi connectivity index (χ2v) is 3.51. The first-order chi connectivity index (χ1) is 7.90. The molecule has 1 N–H and O–H groups in total. The smallest absolute Gasteiger partial charge is 0.0766 e. The zero-order chi connectivity index (χ0) is 11.2. The lowest BCUT2D eigenvalue weighted by Crippen LogP contribution is -2.13. The van der Waals surface area contributed by atoms with Crippen LogP contribution in [0.2, 0.25) is 0 Å². The minimum atomic E-state index is 0.770. The van der Waals surface area contributed by atoms with Gasteiger partial charge in [0.15, 0.2) is 0 Å². The molecule has 0 atom stereocenters. The van der Waals surface area contributed by atoms with Crippen LogP contribution in [-0.2, 0) is 6.54 Å². The maximum Gasteiger partial charge on any atom is 0.0766 e.